The van der Waals surface area contributed by atoms with Crippen molar-refractivity contribution in [1.29, 1.82) is 0 Å². The Labute approximate surface area is 133 Å². The van der Waals surface area contributed by atoms with Crippen molar-refractivity contribution in [3.8, 4) is 11.5 Å². The van der Waals surface area contributed by atoms with Crippen LogP contribution in [0.25, 0.3) is 20.4 Å². The number of rotatable bonds is 0. The smallest absolute Gasteiger partial charge is 0.181 e. The molecule has 4 rings (SSSR count). The highest BCUT2D eigenvalue weighted by Gasteiger charge is 2.03. The van der Waals surface area contributed by atoms with Gasteiger partial charge in [-0.25, -0.2) is 9.97 Å². The van der Waals surface area contributed by atoms with Gasteiger partial charge in [-0.3, -0.25) is 0 Å². The first-order valence-corrected chi connectivity index (χ1v) is 7.85. The lowest BCUT2D eigenvalue weighted by Gasteiger charge is -1.89. The molecule has 0 fully saturated rings. The molecule has 0 saturated heterocycles. The summed E-state index contributed by atoms with van der Waals surface area (Å²) in [5, 5.41) is 19.4. The number of phenolic OH excluding ortho intramolecular Hbond substituents is 2. The van der Waals surface area contributed by atoms with Crippen molar-refractivity contribution in [2.75, 3.05) is 11.5 Å². The molecule has 0 aliphatic rings. The molecule has 6 nitrogen and oxygen atoms in total. The molecular formula is C14H12N4O2S2. The summed E-state index contributed by atoms with van der Waals surface area (Å²) in [6, 6.07) is 10.3. The molecule has 0 atom stereocenters. The first-order chi connectivity index (χ1) is 10.5. The summed E-state index contributed by atoms with van der Waals surface area (Å²) >= 11 is 2.75. The van der Waals surface area contributed by atoms with Crippen molar-refractivity contribution in [2.45, 2.75) is 0 Å². The Kier molecular flexibility index (Phi) is 3.70. The summed E-state index contributed by atoms with van der Waals surface area (Å²) in [5.74, 6) is 0.441. The van der Waals surface area contributed by atoms with Gasteiger partial charge in [0.2, 0.25) is 0 Å². The molecule has 2 aromatic heterocycles. The van der Waals surface area contributed by atoms with Crippen LogP contribution < -0.4 is 11.5 Å². The van der Waals surface area contributed by atoms with Crippen molar-refractivity contribution in [2.24, 2.45) is 0 Å². The number of phenols is 2. The number of aromatic hydroxyl groups is 2. The Hall–Kier alpha value is -2.58. The molecule has 0 aliphatic heterocycles. The first kappa shape index (κ1) is 14.4. The Morgan fingerprint density at radius 3 is 2.36 bits per heavy atom. The fourth-order valence-corrected chi connectivity index (χ4v) is 3.41. The number of nitrogens with two attached hydrogens (primary N) is 2. The van der Waals surface area contributed by atoms with Crippen molar-refractivity contribution in [1.82, 2.24) is 9.97 Å². The van der Waals surface area contributed by atoms with Gasteiger partial charge in [0, 0.05) is 0 Å². The summed E-state index contributed by atoms with van der Waals surface area (Å²) in [6.07, 6.45) is 0. The van der Waals surface area contributed by atoms with Gasteiger partial charge >= 0.3 is 0 Å². The van der Waals surface area contributed by atoms with Gasteiger partial charge in [-0.15, -0.1) is 0 Å². The van der Waals surface area contributed by atoms with Crippen LogP contribution in [-0.2, 0) is 0 Å². The first-order valence-electron chi connectivity index (χ1n) is 6.22. The molecule has 0 radical (unpaired) electrons. The average Bonchev–Trinajstić information content (AvgIpc) is 3.01. The van der Waals surface area contributed by atoms with Crippen LogP contribution in [0.1, 0.15) is 0 Å². The number of benzene rings is 2. The molecule has 8 heteroatoms. The lowest BCUT2D eigenvalue weighted by atomic mass is 10.3. The highest BCUT2D eigenvalue weighted by atomic mass is 32.1. The van der Waals surface area contributed by atoms with Crippen molar-refractivity contribution in [3.63, 3.8) is 0 Å². The molecule has 2 heterocycles. The standard InChI is InChI=1S/2C7H6N2OS/c8-7-9-5-2-1-4(10)3-6(5)11-7;8-7-9-6-4(10)2-1-3-5(6)11-7/h2*1-3,10H,(H2,8,9). The maximum absolute atomic E-state index is 9.27. The number of nitrogens with zero attached hydrogens (tertiary/aromatic N) is 2. The molecule has 112 valence electrons. The molecule has 0 amide bonds. The van der Waals surface area contributed by atoms with Crippen LogP contribution in [0.2, 0.25) is 0 Å². The number of aromatic nitrogens is 2. The SMILES string of the molecule is Nc1nc2c(O)cccc2s1.Nc1nc2ccc(O)cc2s1. The number of nitrogen functional groups attached to an aromatic ring is 2. The van der Waals surface area contributed by atoms with Gasteiger partial charge in [-0.05, 0) is 30.3 Å². The fraction of sp³-hybridized carbons (Fsp3) is 0. The fourth-order valence-electron chi connectivity index (χ4n) is 1.88. The summed E-state index contributed by atoms with van der Waals surface area (Å²) < 4.78 is 1.84. The third kappa shape index (κ3) is 2.87. The largest absolute Gasteiger partial charge is 0.508 e. The molecule has 22 heavy (non-hydrogen) atoms. The molecule has 6 N–H and O–H groups in total. The second kappa shape index (κ2) is 5.66. The third-order valence-electron chi connectivity index (χ3n) is 2.80. The summed E-state index contributed by atoms with van der Waals surface area (Å²) in [6.45, 7) is 0. The van der Waals surface area contributed by atoms with E-state index in [-0.39, 0.29) is 11.5 Å². The third-order valence-corrected chi connectivity index (χ3v) is 4.50. The van der Waals surface area contributed by atoms with Crippen LogP contribution in [0.15, 0.2) is 36.4 Å². The van der Waals surface area contributed by atoms with Gasteiger partial charge in [-0.1, -0.05) is 28.7 Å². The summed E-state index contributed by atoms with van der Waals surface area (Å²) in [5.41, 5.74) is 12.4. The highest BCUT2D eigenvalue weighted by Crippen LogP contribution is 2.29. The Morgan fingerprint density at radius 2 is 1.59 bits per heavy atom. The van der Waals surface area contributed by atoms with Gasteiger partial charge in [0.15, 0.2) is 10.3 Å². The van der Waals surface area contributed by atoms with Crippen molar-refractivity contribution < 1.29 is 10.2 Å². The van der Waals surface area contributed by atoms with E-state index in [0.29, 0.717) is 15.8 Å². The van der Waals surface area contributed by atoms with Gasteiger partial charge in [0.1, 0.15) is 17.0 Å². The van der Waals surface area contributed by atoms with E-state index in [9.17, 15) is 5.11 Å². The minimum Gasteiger partial charge on any atom is -0.508 e. The second-order valence-corrected chi connectivity index (χ2v) is 6.50. The quantitative estimate of drug-likeness (QED) is 0.393. The van der Waals surface area contributed by atoms with Crippen molar-refractivity contribution in [3.05, 3.63) is 36.4 Å². The topological polar surface area (TPSA) is 118 Å². The number of fused-ring (bicyclic) bond motifs is 2. The second-order valence-electron chi connectivity index (χ2n) is 4.38. The van der Waals surface area contributed by atoms with E-state index in [1.807, 2.05) is 6.07 Å². The Morgan fingerprint density at radius 1 is 0.864 bits per heavy atom. The van der Waals surface area contributed by atoms with Crippen LogP contribution in [0.3, 0.4) is 0 Å². The minimum atomic E-state index is 0.190. The van der Waals surface area contributed by atoms with Crippen LogP contribution in [0.4, 0.5) is 10.3 Å². The number of para-hydroxylation sites is 1. The molecule has 0 aliphatic carbocycles. The molecule has 0 bridgehead atoms. The van der Waals surface area contributed by atoms with E-state index < -0.39 is 0 Å². The van der Waals surface area contributed by atoms with Crippen LogP contribution in [0.5, 0.6) is 11.5 Å². The maximum atomic E-state index is 9.27. The van der Waals surface area contributed by atoms with Gasteiger partial charge in [0.25, 0.3) is 0 Å². The minimum absolute atomic E-state index is 0.190. The monoisotopic (exact) mass is 332 g/mol. The molecule has 0 unspecified atom stereocenters. The molecule has 2 aromatic carbocycles. The van der Waals surface area contributed by atoms with Gasteiger partial charge in [-0.2, -0.15) is 0 Å². The zero-order chi connectivity index (χ0) is 15.7. The van der Waals surface area contributed by atoms with E-state index in [1.165, 1.54) is 22.7 Å². The Bertz CT molecular complexity index is 948. The zero-order valence-corrected chi connectivity index (χ0v) is 12.9. The highest BCUT2D eigenvalue weighted by molar-refractivity contribution is 7.22. The molecule has 0 saturated carbocycles. The van der Waals surface area contributed by atoms with Gasteiger partial charge in [0.05, 0.1) is 14.9 Å². The number of hydrogen-bond acceptors (Lipinski definition) is 8. The lowest BCUT2D eigenvalue weighted by Crippen LogP contribution is -1.79. The molecule has 4 aromatic rings. The molecule has 0 spiro atoms. The van der Waals surface area contributed by atoms with Gasteiger partial charge < -0.3 is 21.7 Å². The summed E-state index contributed by atoms with van der Waals surface area (Å²) in [7, 11) is 0. The van der Waals surface area contributed by atoms with E-state index >= 15 is 0 Å². The van der Waals surface area contributed by atoms with E-state index in [1.54, 1.807) is 30.3 Å². The van der Waals surface area contributed by atoms with E-state index in [0.717, 1.165) is 14.9 Å². The summed E-state index contributed by atoms with van der Waals surface area (Å²) in [4.78, 5) is 8.00. The van der Waals surface area contributed by atoms with Crippen LogP contribution in [-0.4, -0.2) is 20.2 Å². The zero-order valence-electron chi connectivity index (χ0n) is 11.2. The van der Waals surface area contributed by atoms with Crippen LogP contribution in [0, 0.1) is 0 Å². The normalized spacial score (nSPS) is 10.5. The number of anilines is 2. The van der Waals surface area contributed by atoms with E-state index in [4.69, 9.17) is 16.6 Å². The number of hydrogen-bond donors (Lipinski definition) is 4. The average molecular weight is 332 g/mol. The van der Waals surface area contributed by atoms with E-state index in [2.05, 4.69) is 9.97 Å². The van der Waals surface area contributed by atoms with Crippen LogP contribution >= 0.6 is 22.7 Å². The molecular weight excluding hydrogens is 320 g/mol. The number of thiazole rings is 2. The Balaban J connectivity index is 0.000000131. The van der Waals surface area contributed by atoms with Crippen molar-refractivity contribution >= 4 is 53.4 Å². The maximum Gasteiger partial charge on any atom is 0.181 e. The predicted octanol–water partition coefficient (Wildman–Crippen LogP) is 3.17. The lowest BCUT2D eigenvalue weighted by molar-refractivity contribution is 0.476. The predicted molar refractivity (Wildman–Crippen MR) is 91.4 cm³/mol.